The van der Waals surface area contributed by atoms with Gasteiger partial charge in [-0.25, -0.2) is 4.79 Å². The Morgan fingerprint density at radius 3 is 2.45 bits per heavy atom. The molecule has 1 amide bonds. The van der Waals surface area contributed by atoms with Crippen LogP contribution in [0.4, 0.5) is 0 Å². The van der Waals surface area contributed by atoms with Crippen molar-refractivity contribution in [3.05, 3.63) is 35.9 Å². The van der Waals surface area contributed by atoms with Crippen LogP contribution in [-0.2, 0) is 16.1 Å². The van der Waals surface area contributed by atoms with Crippen molar-refractivity contribution in [3.63, 3.8) is 0 Å². The minimum atomic E-state index is -1.05. The lowest BCUT2D eigenvalue weighted by Gasteiger charge is -2.42. The van der Waals surface area contributed by atoms with Gasteiger partial charge in [0, 0.05) is 26.7 Å². The van der Waals surface area contributed by atoms with Crippen LogP contribution in [-0.4, -0.2) is 53.0 Å². The number of amides is 1. The summed E-state index contributed by atoms with van der Waals surface area (Å²) in [7, 11) is 1.55. The molecule has 20 heavy (non-hydrogen) atoms. The molecule has 0 radical (unpaired) electrons. The van der Waals surface area contributed by atoms with Crippen LogP contribution in [0.15, 0.2) is 30.3 Å². The van der Waals surface area contributed by atoms with Crippen molar-refractivity contribution < 1.29 is 14.7 Å². The number of rotatable bonds is 5. The number of nitrogens with zero attached hydrogens (tertiary/aromatic N) is 2. The van der Waals surface area contributed by atoms with Crippen molar-refractivity contribution in [1.82, 2.24) is 9.80 Å². The fourth-order valence-electron chi connectivity index (χ4n) is 2.74. The van der Waals surface area contributed by atoms with Crippen LogP contribution in [0.3, 0.4) is 0 Å². The second-order valence-electron chi connectivity index (χ2n) is 5.31. The topological polar surface area (TPSA) is 60.9 Å². The van der Waals surface area contributed by atoms with Crippen LogP contribution in [0.1, 0.15) is 18.4 Å². The third kappa shape index (κ3) is 2.82. The van der Waals surface area contributed by atoms with Crippen molar-refractivity contribution in [1.29, 1.82) is 0 Å². The Kier molecular flexibility index (Phi) is 4.39. The number of piperidine rings is 1. The van der Waals surface area contributed by atoms with Gasteiger partial charge >= 0.3 is 5.97 Å². The molecule has 1 N–H and O–H groups in total. The Hall–Kier alpha value is -1.88. The maximum absolute atomic E-state index is 11.5. The minimum Gasteiger partial charge on any atom is -0.479 e. The Morgan fingerprint density at radius 2 is 1.95 bits per heavy atom. The lowest BCUT2D eigenvalue weighted by molar-refractivity contribution is -0.157. The molecule has 0 bridgehead atoms. The summed E-state index contributed by atoms with van der Waals surface area (Å²) in [5.74, 6) is -0.911. The zero-order chi connectivity index (χ0) is 14.6. The van der Waals surface area contributed by atoms with Crippen molar-refractivity contribution in [2.24, 2.45) is 0 Å². The number of likely N-dealkylation sites (tertiary alicyclic amines) is 1. The van der Waals surface area contributed by atoms with Gasteiger partial charge in [0.2, 0.25) is 6.41 Å². The summed E-state index contributed by atoms with van der Waals surface area (Å²) >= 11 is 0. The summed E-state index contributed by atoms with van der Waals surface area (Å²) in [4.78, 5) is 26.0. The van der Waals surface area contributed by atoms with Gasteiger partial charge in [0.1, 0.15) is 5.54 Å². The first-order chi connectivity index (χ1) is 9.58. The van der Waals surface area contributed by atoms with E-state index in [1.165, 1.54) is 10.5 Å². The van der Waals surface area contributed by atoms with Crippen molar-refractivity contribution >= 4 is 12.4 Å². The first-order valence-corrected chi connectivity index (χ1v) is 6.76. The molecule has 1 aromatic carbocycles. The second-order valence-corrected chi connectivity index (χ2v) is 5.31. The molecule has 0 saturated carbocycles. The number of likely N-dealkylation sites (N-methyl/N-ethyl adjacent to an activating group) is 1. The van der Waals surface area contributed by atoms with Crippen LogP contribution in [0.25, 0.3) is 0 Å². The van der Waals surface area contributed by atoms with E-state index in [0.29, 0.717) is 32.3 Å². The highest BCUT2D eigenvalue weighted by molar-refractivity contribution is 5.81. The third-order valence-corrected chi connectivity index (χ3v) is 4.16. The molecule has 0 aromatic heterocycles. The average Bonchev–Trinajstić information content (AvgIpc) is 2.48. The molecule has 5 heteroatoms. The first kappa shape index (κ1) is 14.5. The standard InChI is InChI=1S/C15H20N2O3/c1-16(12-18)15(14(19)20)7-9-17(10-8-15)11-13-5-3-2-4-6-13/h2-6,12H,7-11H2,1H3,(H,19,20). The van der Waals surface area contributed by atoms with E-state index in [1.54, 1.807) is 7.05 Å². The van der Waals surface area contributed by atoms with Gasteiger partial charge in [-0.1, -0.05) is 30.3 Å². The molecular weight excluding hydrogens is 256 g/mol. The maximum atomic E-state index is 11.5. The van der Waals surface area contributed by atoms with Crippen LogP contribution >= 0.6 is 0 Å². The Bertz CT molecular complexity index is 467. The molecule has 1 aliphatic rings. The van der Waals surface area contributed by atoms with Gasteiger partial charge in [-0.3, -0.25) is 9.69 Å². The summed E-state index contributed by atoms with van der Waals surface area (Å²) in [5.41, 5.74) is 0.175. The number of hydrogen-bond donors (Lipinski definition) is 1. The van der Waals surface area contributed by atoms with Gasteiger partial charge in [-0.15, -0.1) is 0 Å². The lowest BCUT2D eigenvalue weighted by Crippen LogP contribution is -2.58. The molecule has 1 heterocycles. The Labute approximate surface area is 118 Å². The number of benzene rings is 1. The number of aliphatic carboxylic acids is 1. The fraction of sp³-hybridized carbons (Fsp3) is 0.467. The van der Waals surface area contributed by atoms with Gasteiger partial charge in [0.25, 0.3) is 0 Å². The highest BCUT2D eigenvalue weighted by Crippen LogP contribution is 2.28. The van der Waals surface area contributed by atoms with E-state index in [4.69, 9.17) is 0 Å². The maximum Gasteiger partial charge on any atom is 0.329 e. The highest BCUT2D eigenvalue weighted by atomic mass is 16.4. The second kappa shape index (κ2) is 6.05. The summed E-state index contributed by atoms with van der Waals surface area (Å²) in [6.07, 6.45) is 1.54. The summed E-state index contributed by atoms with van der Waals surface area (Å²) in [6, 6.07) is 10.1. The molecular formula is C15H20N2O3. The molecule has 0 spiro atoms. The van der Waals surface area contributed by atoms with E-state index in [0.717, 1.165) is 6.54 Å². The highest BCUT2D eigenvalue weighted by Gasteiger charge is 2.44. The normalized spacial score (nSPS) is 18.4. The number of hydrogen-bond acceptors (Lipinski definition) is 3. The fourth-order valence-corrected chi connectivity index (χ4v) is 2.74. The molecule has 0 aliphatic carbocycles. The Balaban J connectivity index is 2.00. The molecule has 108 valence electrons. The molecule has 1 aromatic rings. The minimum absolute atomic E-state index is 0.463. The summed E-state index contributed by atoms with van der Waals surface area (Å²) < 4.78 is 0. The monoisotopic (exact) mass is 276 g/mol. The number of carbonyl (C=O) groups is 2. The van der Waals surface area contributed by atoms with Gasteiger partial charge in [-0.2, -0.15) is 0 Å². The van der Waals surface area contributed by atoms with Gasteiger partial charge in [0.05, 0.1) is 0 Å². The zero-order valence-corrected chi connectivity index (χ0v) is 11.7. The van der Waals surface area contributed by atoms with Crippen LogP contribution in [0.5, 0.6) is 0 Å². The van der Waals surface area contributed by atoms with E-state index < -0.39 is 11.5 Å². The van der Waals surface area contributed by atoms with Gasteiger partial charge < -0.3 is 10.0 Å². The van der Waals surface area contributed by atoms with Gasteiger partial charge in [-0.05, 0) is 18.4 Å². The predicted molar refractivity (Wildman–Crippen MR) is 75.1 cm³/mol. The van der Waals surface area contributed by atoms with Crippen LogP contribution in [0.2, 0.25) is 0 Å². The van der Waals surface area contributed by atoms with E-state index in [-0.39, 0.29) is 0 Å². The SMILES string of the molecule is CN(C=O)C1(C(=O)O)CCN(Cc2ccccc2)CC1. The summed E-state index contributed by atoms with van der Waals surface area (Å²) in [6.45, 7) is 2.18. The quantitative estimate of drug-likeness (QED) is 0.821. The van der Waals surface area contributed by atoms with Crippen LogP contribution in [0, 0.1) is 0 Å². The molecule has 2 rings (SSSR count). The molecule has 1 fully saturated rings. The smallest absolute Gasteiger partial charge is 0.329 e. The van der Waals surface area contributed by atoms with E-state index >= 15 is 0 Å². The summed E-state index contributed by atoms with van der Waals surface area (Å²) in [5, 5.41) is 9.45. The van der Waals surface area contributed by atoms with Crippen molar-refractivity contribution in [2.45, 2.75) is 24.9 Å². The zero-order valence-electron chi connectivity index (χ0n) is 11.7. The van der Waals surface area contributed by atoms with E-state index in [2.05, 4.69) is 17.0 Å². The molecule has 1 aliphatic heterocycles. The molecule has 1 saturated heterocycles. The third-order valence-electron chi connectivity index (χ3n) is 4.16. The molecule has 0 atom stereocenters. The number of carboxylic acid groups (broad SMARTS) is 1. The average molecular weight is 276 g/mol. The Morgan fingerprint density at radius 1 is 1.35 bits per heavy atom. The number of carbonyl (C=O) groups excluding carboxylic acids is 1. The molecule has 0 unspecified atom stereocenters. The predicted octanol–water partition coefficient (Wildman–Crippen LogP) is 1.19. The van der Waals surface area contributed by atoms with Crippen molar-refractivity contribution in [2.75, 3.05) is 20.1 Å². The van der Waals surface area contributed by atoms with Crippen LogP contribution < -0.4 is 0 Å². The van der Waals surface area contributed by atoms with E-state index in [9.17, 15) is 14.7 Å². The largest absolute Gasteiger partial charge is 0.479 e. The lowest BCUT2D eigenvalue weighted by atomic mass is 9.86. The first-order valence-electron chi connectivity index (χ1n) is 6.76. The molecule has 5 nitrogen and oxygen atoms in total. The van der Waals surface area contributed by atoms with Gasteiger partial charge in [0.15, 0.2) is 0 Å². The van der Waals surface area contributed by atoms with E-state index in [1.807, 2.05) is 18.2 Å². The van der Waals surface area contributed by atoms with Crippen molar-refractivity contribution in [3.8, 4) is 0 Å². The number of carboxylic acids is 1.